The Balaban J connectivity index is 2.06. The van der Waals surface area contributed by atoms with Crippen molar-refractivity contribution in [1.82, 2.24) is 4.98 Å². The van der Waals surface area contributed by atoms with Crippen molar-refractivity contribution in [2.24, 2.45) is 5.73 Å². The number of pyridine rings is 1. The third-order valence-electron chi connectivity index (χ3n) is 3.20. The molecule has 2 heterocycles. The van der Waals surface area contributed by atoms with Crippen LogP contribution in [0.15, 0.2) is 18.3 Å². The number of aromatic nitrogens is 1. The summed E-state index contributed by atoms with van der Waals surface area (Å²) in [7, 11) is 0. The van der Waals surface area contributed by atoms with Crippen LogP contribution in [0.25, 0.3) is 0 Å². The molecule has 0 aliphatic carbocycles. The second-order valence-corrected chi connectivity index (χ2v) is 6.13. The molecule has 1 fully saturated rings. The summed E-state index contributed by atoms with van der Waals surface area (Å²) in [5.74, 6) is 1.21. The van der Waals surface area contributed by atoms with Crippen LogP contribution in [0, 0.1) is 0 Å². The fourth-order valence-corrected chi connectivity index (χ4v) is 3.08. The number of anilines is 1. The Kier molecular flexibility index (Phi) is 4.29. The first-order valence-corrected chi connectivity index (χ1v) is 7.33. The smallest absolute Gasteiger partial charge is 0.0572 e. The molecular formula is C13H21N3S. The predicted octanol–water partition coefficient (Wildman–Crippen LogP) is 2.43. The zero-order chi connectivity index (χ0) is 12.3. The van der Waals surface area contributed by atoms with Crippen LogP contribution in [0.5, 0.6) is 0 Å². The zero-order valence-corrected chi connectivity index (χ0v) is 11.4. The molecule has 17 heavy (non-hydrogen) atoms. The third kappa shape index (κ3) is 3.13. The topological polar surface area (TPSA) is 42.1 Å². The molecule has 2 rings (SSSR count). The predicted molar refractivity (Wildman–Crippen MR) is 75.6 cm³/mol. The van der Waals surface area contributed by atoms with Gasteiger partial charge in [-0.2, -0.15) is 11.8 Å². The molecule has 1 aliphatic rings. The Morgan fingerprint density at radius 3 is 3.00 bits per heavy atom. The highest BCUT2D eigenvalue weighted by molar-refractivity contribution is 8.00. The number of hydrogen-bond donors (Lipinski definition) is 1. The highest BCUT2D eigenvalue weighted by atomic mass is 32.2. The maximum atomic E-state index is 5.97. The first-order chi connectivity index (χ1) is 8.20. The zero-order valence-electron chi connectivity index (χ0n) is 10.6. The summed E-state index contributed by atoms with van der Waals surface area (Å²) in [6.45, 7) is 6.61. The van der Waals surface area contributed by atoms with Crippen LogP contribution in [0.4, 0.5) is 5.69 Å². The van der Waals surface area contributed by atoms with E-state index in [4.69, 9.17) is 5.73 Å². The Labute approximate surface area is 108 Å². The largest absolute Gasteiger partial charge is 0.368 e. The van der Waals surface area contributed by atoms with Crippen molar-refractivity contribution >= 4 is 17.4 Å². The fraction of sp³-hybridized carbons (Fsp3) is 0.615. The van der Waals surface area contributed by atoms with Crippen molar-refractivity contribution in [3.05, 3.63) is 24.0 Å². The molecule has 4 heteroatoms. The van der Waals surface area contributed by atoms with Gasteiger partial charge in [0, 0.05) is 30.1 Å². The Morgan fingerprint density at radius 2 is 2.41 bits per heavy atom. The van der Waals surface area contributed by atoms with E-state index in [0.717, 1.165) is 25.2 Å². The number of hydrogen-bond acceptors (Lipinski definition) is 4. The van der Waals surface area contributed by atoms with Crippen LogP contribution in [0.2, 0.25) is 0 Å². The van der Waals surface area contributed by atoms with E-state index in [1.165, 1.54) is 11.4 Å². The van der Waals surface area contributed by atoms with Gasteiger partial charge >= 0.3 is 0 Å². The van der Waals surface area contributed by atoms with E-state index in [1.807, 2.05) is 18.0 Å². The van der Waals surface area contributed by atoms with Gasteiger partial charge in [-0.25, -0.2) is 0 Å². The number of nitrogens with two attached hydrogens (primary N) is 1. The standard InChI is InChI=1S/C13H21N3S/c1-3-12(14)13-5-4-11(8-15-13)16-6-7-17-10(2)9-16/h4-5,8,10,12H,3,6-7,9,14H2,1-2H3. The average Bonchev–Trinajstić information content (AvgIpc) is 2.38. The molecule has 2 unspecified atom stereocenters. The minimum Gasteiger partial charge on any atom is -0.368 e. The minimum atomic E-state index is 0.0693. The SMILES string of the molecule is CCC(N)c1ccc(N2CCSC(C)C2)cn1. The van der Waals surface area contributed by atoms with Crippen LogP contribution in [0.1, 0.15) is 32.0 Å². The monoisotopic (exact) mass is 251 g/mol. The first kappa shape index (κ1) is 12.7. The summed E-state index contributed by atoms with van der Waals surface area (Å²) in [5.41, 5.74) is 8.19. The summed E-state index contributed by atoms with van der Waals surface area (Å²) in [4.78, 5) is 6.89. The second kappa shape index (κ2) is 5.74. The highest BCUT2D eigenvalue weighted by Crippen LogP contribution is 2.24. The van der Waals surface area contributed by atoms with Gasteiger partial charge in [0.1, 0.15) is 0 Å². The van der Waals surface area contributed by atoms with Gasteiger partial charge in [0.2, 0.25) is 0 Å². The summed E-state index contributed by atoms with van der Waals surface area (Å²) in [5, 5.41) is 0.710. The van der Waals surface area contributed by atoms with Gasteiger partial charge in [0.05, 0.1) is 17.6 Å². The van der Waals surface area contributed by atoms with Gasteiger partial charge in [-0.1, -0.05) is 13.8 Å². The quantitative estimate of drug-likeness (QED) is 0.896. The first-order valence-electron chi connectivity index (χ1n) is 6.28. The number of nitrogens with zero attached hydrogens (tertiary/aromatic N) is 2. The van der Waals surface area contributed by atoms with Crippen molar-refractivity contribution in [3.8, 4) is 0 Å². The molecule has 94 valence electrons. The lowest BCUT2D eigenvalue weighted by molar-refractivity contribution is 0.674. The van der Waals surface area contributed by atoms with Crippen LogP contribution in [0.3, 0.4) is 0 Å². The van der Waals surface area contributed by atoms with Crippen LogP contribution < -0.4 is 10.6 Å². The van der Waals surface area contributed by atoms with Gasteiger partial charge in [-0.15, -0.1) is 0 Å². The molecule has 0 bridgehead atoms. The van der Waals surface area contributed by atoms with Crippen molar-refractivity contribution in [2.75, 3.05) is 23.7 Å². The average molecular weight is 251 g/mol. The lowest BCUT2D eigenvalue weighted by atomic mass is 10.1. The molecule has 1 aliphatic heterocycles. The van der Waals surface area contributed by atoms with Crippen LogP contribution >= 0.6 is 11.8 Å². The molecule has 1 aromatic heterocycles. The highest BCUT2D eigenvalue weighted by Gasteiger charge is 2.17. The van der Waals surface area contributed by atoms with Crippen molar-refractivity contribution in [1.29, 1.82) is 0 Å². The van der Waals surface area contributed by atoms with Crippen molar-refractivity contribution < 1.29 is 0 Å². The Bertz CT molecular complexity index is 352. The molecule has 1 aromatic rings. The van der Waals surface area contributed by atoms with Gasteiger partial charge in [-0.3, -0.25) is 4.98 Å². The number of rotatable bonds is 3. The lowest BCUT2D eigenvalue weighted by Crippen LogP contribution is -2.36. The Hall–Kier alpha value is -0.740. The molecule has 2 atom stereocenters. The molecule has 0 aromatic carbocycles. The molecular weight excluding hydrogens is 230 g/mol. The van der Waals surface area contributed by atoms with Crippen LogP contribution in [-0.4, -0.2) is 29.1 Å². The Morgan fingerprint density at radius 1 is 1.59 bits per heavy atom. The molecule has 0 radical (unpaired) electrons. The molecule has 3 nitrogen and oxygen atoms in total. The molecule has 0 amide bonds. The molecule has 2 N–H and O–H groups in total. The number of thioether (sulfide) groups is 1. The van der Waals surface area contributed by atoms with Gasteiger partial charge < -0.3 is 10.6 Å². The van der Waals surface area contributed by atoms with E-state index in [9.17, 15) is 0 Å². The second-order valence-electron chi connectivity index (χ2n) is 4.58. The normalized spacial score (nSPS) is 22.5. The minimum absolute atomic E-state index is 0.0693. The molecule has 1 saturated heterocycles. The maximum Gasteiger partial charge on any atom is 0.0572 e. The van der Waals surface area contributed by atoms with E-state index < -0.39 is 0 Å². The summed E-state index contributed by atoms with van der Waals surface area (Å²) < 4.78 is 0. The van der Waals surface area contributed by atoms with E-state index in [0.29, 0.717) is 5.25 Å². The van der Waals surface area contributed by atoms with Crippen molar-refractivity contribution in [2.45, 2.75) is 31.6 Å². The third-order valence-corrected chi connectivity index (χ3v) is 4.33. The van der Waals surface area contributed by atoms with Gasteiger partial charge in [0.15, 0.2) is 0 Å². The molecule has 0 saturated carbocycles. The van der Waals surface area contributed by atoms with E-state index >= 15 is 0 Å². The summed E-state index contributed by atoms with van der Waals surface area (Å²) in [6.07, 6.45) is 2.90. The molecule has 0 spiro atoms. The fourth-order valence-electron chi connectivity index (χ4n) is 2.07. The summed E-state index contributed by atoms with van der Waals surface area (Å²) >= 11 is 2.05. The van der Waals surface area contributed by atoms with E-state index in [2.05, 4.69) is 35.9 Å². The van der Waals surface area contributed by atoms with Gasteiger partial charge in [0.25, 0.3) is 0 Å². The van der Waals surface area contributed by atoms with Gasteiger partial charge in [-0.05, 0) is 18.6 Å². The van der Waals surface area contributed by atoms with Crippen LogP contribution in [-0.2, 0) is 0 Å². The maximum absolute atomic E-state index is 5.97. The van der Waals surface area contributed by atoms with E-state index in [1.54, 1.807) is 0 Å². The van der Waals surface area contributed by atoms with E-state index in [-0.39, 0.29) is 6.04 Å². The summed E-state index contributed by atoms with van der Waals surface area (Å²) in [6, 6.07) is 4.29. The van der Waals surface area contributed by atoms with Crippen molar-refractivity contribution in [3.63, 3.8) is 0 Å². The lowest BCUT2D eigenvalue weighted by Gasteiger charge is -2.32.